The van der Waals surface area contributed by atoms with Crippen LogP contribution in [-0.2, 0) is 0 Å². The third-order valence-corrected chi connectivity index (χ3v) is 2.09. The summed E-state index contributed by atoms with van der Waals surface area (Å²) < 4.78 is 0. The lowest BCUT2D eigenvalue weighted by molar-refractivity contribution is 0.589. The third kappa shape index (κ3) is 1.69. The Bertz CT molecular complexity index is 421. The van der Waals surface area contributed by atoms with E-state index in [1.165, 1.54) is 0 Å². The minimum atomic E-state index is -0.363. The van der Waals surface area contributed by atoms with Gasteiger partial charge in [-0.3, -0.25) is 4.98 Å². The predicted octanol–water partition coefficient (Wildman–Crippen LogP) is -0.873. The first-order chi connectivity index (χ1) is 7.18. The van der Waals surface area contributed by atoms with Gasteiger partial charge in [0.15, 0.2) is 6.17 Å². The first kappa shape index (κ1) is 9.32. The number of hydrogen-bond donors (Lipinski definition) is 4. The van der Waals surface area contributed by atoms with Gasteiger partial charge in [0, 0.05) is 6.20 Å². The molecule has 2 heterocycles. The molecule has 0 saturated carbocycles. The highest BCUT2D eigenvalue weighted by molar-refractivity contribution is 5.97. The Balaban J connectivity index is 2.30. The van der Waals surface area contributed by atoms with Crippen LogP contribution < -0.4 is 22.5 Å². The monoisotopic (exact) mass is 204 g/mol. The third-order valence-electron chi connectivity index (χ3n) is 2.09. The van der Waals surface area contributed by atoms with Crippen LogP contribution in [-0.4, -0.2) is 10.8 Å². The molecule has 15 heavy (non-hydrogen) atoms. The topological polar surface area (TPSA) is 115 Å². The number of pyridine rings is 1. The van der Waals surface area contributed by atoms with E-state index < -0.39 is 0 Å². The van der Waals surface area contributed by atoms with Crippen molar-refractivity contribution in [2.45, 2.75) is 6.17 Å². The molecule has 1 aliphatic rings. The van der Waals surface area contributed by atoms with Gasteiger partial charge >= 0.3 is 0 Å². The standard InChI is InChI=1S/C9H12N6/c10-6-7(11)14-9(15-8(6)12)5-3-1-2-4-13-5/h1-4,9,14H,10-11H2,(H2,12,15). The van der Waals surface area contributed by atoms with Crippen LogP contribution in [0.25, 0.3) is 0 Å². The molecule has 6 heteroatoms. The first-order valence-corrected chi connectivity index (χ1v) is 4.45. The van der Waals surface area contributed by atoms with Gasteiger partial charge in [0.05, 0.1) is 5.69 Å². The maximum absolute atomic E-state index is 5.65. The molecule has 0 aromatic carbocycles. The molecule has 1 aliphatic heterocycles. The molecule has 0 spiro atoms. The number of aliphatic imine (C=N–C) groups is 1. The van der Waals surface area contributed by atoms with Crippen molar-refractivity contribution < 1.29 is 0 Å². The highest BCUT2D eigenvalue weighted by Crippen LogP contribution is 2.16. The van der Waals surface area contributed by atoms with Gasteiger partial charge < -0.3 is 22.5 Å². The normalized spacial score (nSPS) is 20.8. The summed E-state index contributed by atoms with van der Waals surface area (Å²) in [6.07, 6.45) is 1.32. The van der Waals surface area contributed by atoms with Gasteiger partial charge in [-0.15, -0.1) is 0 Å². The average Bonchev–Trinajstić information content (AvgIpc) is 2.26. The van der Waals surface area contributed by atoms with Crippen LogP contribution in [0.3, 0.4) is 0 Å². The summed E-state index contributed by atoms with van der Waals surface area (Å²) in [5.41, 5.74) is 17.9. The Morgan fingerprint density at radius 3 is 2.60 bits per heavy atom. The van der Waals surface area contributed by atoms with Crippen LogP contribution in [0.4, 0.5) is 0 Å². The maximum atomic E-state index is 5.65. The molecule has 78 valence electrons. The summed E-state index contributed by atoms with van der Waals surface area (Å²) >= 11 is 0. The zero-order valence-electron chi connectivity index (χ0n) is 8.01. The largest absolute Gasteiger partial charge is 0.393 e. The minimum absolute atomic E-state index is 0.238. The fourth-order valence-corrected chi connectivity index (χ4v) is 1.28. The zero-order valence-corrected chi connectivity index (χ0v) is 8.01. The molecule has 0 aliphatic carbocycles. The number of aromatic nitrogens is 1. The molecule has 1 aromatic rings. The van der Waals surface area contributed by atoms with Gasteiger partial charge in [-0.1, -0.05) is 6.07 Å². The van der Waals surface area contributed by atoms with E-state index in [0.29, 0.717) is 5.82 Å². The summed E-state index contributed by atoms with van der Waals surface area (Å²) in [7, 11) is 0. The lowest BCUT2D eigenvalue weighted by atomic mass is 10.2. The van der Waals surface area contributed by atoms with Crippen LogP contribution in [0.15, 0.2) is 40.9 Å². The Hall–Kier alpha value is -2.24. The second-order valence-corrected chi connectivity index (χ2v) is 3.14. The Labute approximate surface area is 86.9 Å². The van der Waals surface area contributed by atoms with Crippen LogP contribution in [0.2, 0.25) is 0 Å². The minimum Gasteiger partial charge on any atom is -0.393 e. The molecule has 0 fully saturated rings. The van der Waals surface area contributed by atoms with Crippen molar-refractivity contribution in [3.63, 3.8) is 0 Å². The van der Waals surface area contributed by atoms with Gasteiger partial charge in [-0.2, -0.15) is 0 Å². The molecule has 2 rings (SSSR count). The van der Waals surface area contributed by atoms with Crippen LogP contribution in [0, 0.1) is 0 Å². The van der Waals surface area contributed by atoms with Crippen molar-refractivity contribution in [3.8, 4) is 0 Å². The lowest BCUT2D eigenvalue weighted by Gasteiger charge is -2.22. The smallest absolute Gasteiger partial charge is 0.165 e. The van der Waals surface area contributed by atoms with E-state index in [0.717, 1.165) is 5.69 Å². The van der Waals surface area contributed by atoms with Crippen molar-refractivity contribution in [1.29, 1.82) is 0 Å². The van der Waals surface area contributed by atoms with Crippen LogP contribution in [0.5, 0.6) is 0 Å². The number of nitrogens with two attached hydrogens (primary N) is 3. The molecule has 0 radical (unpaired) electrons. The quantitative estimate of drug-likeness (QED) is 0.474. The van der Waals surface area contributed by atoms with E-state index in [9.17, 15) is 0 Å². The number of rotatable bonds is 1. The van der Waals surface area contributed by atoms with E-state index in [-0.39, 0.29) is 17.7 Å². The summed E-state index contributed by atoms with van der Waals surface area (Å²) in [6, 6.07) is 5.53. The van der Waals surface area contributed by atoms with Crippen molar-refractivity contribution in [2.24, 2.45) is 22.2 Å². The molecule has 0 bridgehead atoms. The van der Waals surface area contributed by atoms with Gasteiger partial charge in [0.2, 0.25) is 0 Å². The van der Waals surface area contributed by atoms with Crippen molar-refractivity contribution in [1.82, 2.24) is 10.3 Å². The molecule has 6 nitrogen and oxygen atoms in total. The van der Waals surface area contributed by atoms with E-state index in [2.05, 4.69) is 15.3 Å². The van der Waals surface area contributed by atoms with Crippen molar-refractivity contribution in [3.05, 3.63) is 41.6 Å². The molecular formula is C9H12N6. The molecule has 1 unspecified atom stereocenters. The molecule has 1 atom stereocenters. The van der Waals surface area contributed by atoms with Crippen LogP contribution >= 0.6 is 0 Å². The molecule has 0 saturated heterocycles. The van der Waals surface area contributed by atoms with E-state index in [4.69, 9.17) is 17.2 Å². The first-order valence-electron chi connectivity index (χ1n) is 4.45. The molecule has 0 amide bonds. The predicted molar refractivity (Wildman–Crippen MR) is 57.1 cm³/mol. The SMILES string of the molecule is NC1=NC(c2ccccn2)NC(N)=C1N. The van der Waals surface area contributed by atoms with Gasteiger partial charge in [0.1, 0.15) is 17.4 Å². The van der Waals surface area contributed by atoms with Gasteiger partial charge in [0.25, 0.3) is 0 Å². The second kappa shape index (κ2) is 3.49. The summed E-state index contributed by atoms with van der Waals surface area (Å²) in [6.45, 7) is 0. The second-order valence-electron chi connectivity index (χ2n) is 3.14. The number of nitrogens with one attached hydrogen (secondary N) is 1. The number of amidine groups is 1. The fraction of sp³-hybridized carbons (Fsp3) is 0.111. The molecule has 1 aromatic heterocycles. The Morgan fingerprint density at radius 1 is 1.20 bits per heavy atom. The number of hydrogen-bond acceptors (Lipinski definition) is 6. The fourth-order valence-electron chi connectivity index (χ4n) is 1.28. The van der Waals surface area contributed by atoms with E-state index in [1.54, 1.807) is 6.20 Å². The van der Waals surface area contributed by atoms with Gasteiger partial charge in [-0.25, -0.2) is 4.99 Å². The lowest BCUT2D eigenvalue weighted by Crippen LogP contribution is -2.38. The van der Waals surface area contributed by atoms with Crippen molar-refractivity contribution >= 4 is 5.84 Å². The number of nitrogens with zero attached hydrogens (tertiary/aromatic N) is 2. The van der Waals surface area contributed by atoms with Gasteiger partial charge in [-0.05, 0) is 12.1 Å². The van der Waals surface area contributed by atoms with E-state index >= 15 is 0 Å². The molecule has 7 N–H and O–H groups in total. The highest BCUT2D eigenvalue weighted by Gasteiger charge is 2.19. The highest BCUT2D eigenvalue weighted by atomic mass is 15.2. The summed E-state index contributed by atoms with van der Waals surface area (Å²) in [5, 5.41) is 2.92. The van der Waals surface area contributed by atoms with Crippen molar-refractivity contribution in [2.75, 3.05) is 0 Å². The molecular weight excluding hydrogens is 192 g/mol. The Morgan fingerprint density at radius 2 is 2.00 bits per heavy atom. The Kier molecular flexibility index (Phi) is 2.17. The maximum Gasteiger partial charge on any atom is 0.165 e. The zero-order chi connectivity index (χ0) is 10.8. The van der Waals surface area contributed by atoms with Crippen LogP contribution in [0.1, 0.15) is 11.9 Å². The summed E-state index contributed by atoms with van der Waals surface area (Å²) in [5.74, 6) is 0.569. The summed E-state index contributed by atoms with van der Waals surface area (Å²) in [4.78, 5) is 8.29. The van der Waals surface area contributed by atoms with E-state index in [1.807, 2.05) is 18.2 Å². The average molecular weight is 204 g/mol.